The third kappa shape index (κ3) is 5.63. The van der Waals surface area contributed by atoms with Gasteiger partial charge in [0.25, 0.3) is 0 Å². The van der Waals surface area contributed by atoms with Gasteiger partial charge in [-0.05, 0) is 31.5 Å². The van der Waals surface area contributed by atoms with Gasteiger partial charge in [-0.3, -0.25) is 9.69 Å². The maximum Gasteiger partial charge on any atom is 0.243 e. The van der Waals surface area contributed by atoms with Gasteiger partial charge >= 0.3 is 0 Å². The van der Waals surface area contributed by atoms with Gasteiger partial charge in [-0.1, -0.05) is 49.1 Å². The van der Waals surface area contributed by atoms with Crippen LogP contribution >= 0.6 is 11.6 Å². The molecule has 0 unspecified atom stereocenters. The van der Waals surface area contributed by atoms with Crippen LogP contribution in [-0.2, 0) is 11.3 Å². The fourth-order valence-electron chi connectivity index (χ4n) is 4.28. The largest absolute Gasteiger partial charge is 0.486 e. The van der Waals surface area contributed by atoms with Crippen molar-refractivity contribution in [2.75, 3.05) is 37.4 Å². The van der Waals surface area contributed by atoms with Crippen LogP contribution in [0.5, 0.6) is 11.5 Å². The lowest BCUT2D eigenvalue weighted by Gasteiger charge is -2.31. The number of fused-ring (bicyclic) bond motifs is 1. The number of anilines is 2. The molecule has 4 rings (SSSR count). The molecule has 1 fully saturated rings. The fraction of sp³-hybridized carbons (Fsp3) is 0.458. The maximum atomic E-state index is 12.6. The summed E-state index contributed by atoms with van der Waals surface area (Å²) in [7, 11) is 2.20. The summed E-state index contributed by atoms with van der Waals surface area (Å²) >= 11 is 6.30. The molecule has 0 atom stereocenters. The summed E-state index contributed by atoms with van der Waals surface area (Å²) in [5.74, 6) is 1.02. The highest BCUT2D eigenvalue weighted by Gasteiger charge is 2.19. The molecule has 6 nitrogen and oxygen atoms in total. The molecule has 1 saturated carbocycles. The number of amides is 1. The Morgan fingerprint density at radius 3 is 2.55 bits per heavy atom. The van der Waals surface area contributed by atoms with E-state index in [2.05, 4.69) is 28.6 Å². The SMILES string of the molecule is CN(Cc1ccccc1NCC(=O)Nc1cc2c(cc1Cl)OCCO2)C1CCCCC1. The maximum absolute atomic E-state index is 12.6. The van der Waals surface area contributed by atoms with Crippen LogP contribution in [0.4, 0.5) is 11.4 Å². The second-order valence-corrected chi connectivity index (χ2v) is 8.65. The summed E-state index contributed by atoms with van der Waals surface area (Å²) in [5.41, 5.74) is 2.69. The Morgan fingerprint density at radius 2 is 1.77 bits per heavy atom. The lowest BCUT2D eigenvalue weighted by molar-refractivity contribution is -0.114. The molecular weight excluding hydrogens is 414 g/mol. The number of hydrogen-bond acceptors (Lipinski definition) is 5. The van der Waals surface area contributed by atoms with Gasteiger partial charge < -0.3 is 20.1 Å². The molecule has 0 aromatic heterocycles. The number of carbonyl (C=O) groups excluding carboxylic acids is 1. The van der Waals surface area contributed by atoms with Crippen molar-refractivity contribution in [2.45, 2.75) is 44.7 Å². The van der Waals surface area contributed by atoms with Crippen molar-refractivity contribution in [1.82, 2.24) is 4.90 Å². The Morgan fingerprint density at radius 1 is 1.06 bits per heavy atom. The second kappa shape index (κ2) is 10.2. The molecule has 1 aliphatic carbocycles. The van der Waals surface area contributed by atoms with E-state index in [1.165, 1.54) is 37.7 Å². The van der Waals surface area contributed by atoms with Gasteiger partial charge in [-0.25, -0.2) is 0 Å². The highest BCUT2D eigenvalue weighted by Crippen LogP contribution is 2.38. The van der Waals surface area contributed by atoms with E-state index in [4.69, 9.17) is 21.1 Å². The van der Waals surface area contributed by atoms with Crippen molar-refractivity contribution >= 4 is 28.9 Å². The average Bonchev–Trinajstić information content (AvgIpc) is 2.79. The number of benzene rings is 2. The van der Waals surface area contributed by atoms with Crippen LogP contribution in [0.3, 0.4) is 0 Å². The number of ether oxygens (including phenoxy) is 2. The zero-order valence-electron chi connectivity index (χ0n) is 18.0. The highest BCUT2D eigenvalue weighted by molar-refractivity contribution is 6.34. The molecule has 2 N–H and O–H groups in total. The second-order valence-electron chi connectivity index (χ2n) is 8.24. The Kier molecular flexibility index (Phi) is 7.20. The Bertz CT molecular complexity index is 915. The molecule has 0 bridgehead atoms. The summed E-state index contributed by atoms with van der Waals surface area (Å²) in [6.45, 7) is 1.99. The quantitative estimate of drug-likeness (QED) is 0.635. The molecule has 1 amide bonds. The first-order valence-electron chi connectivity index (χ1n) is 11.0. The summed E-state index contributed by atoms with van der Waals surface area (Å²) in [6.07, 6.45) is 6.52. The molecule has 2 aromatic carbocycles. The molecule has 1 heterocycles. The summed E-state index contributed by atoms with van der Waals surface area (Å²) in [5, 5.41) is 6.57. The number of para-hydroxylation sites is 1. The van der Waals surface area contributed by atoms with E-state index in [0.29, 0.717) is 41.5 Å². The lowest BCUT2D eigenvalue weighted by Crippen LogP contribution is -2.33. The number of hydrogen-bond donors (Lipinski definition) is 2. The number of carbonyl (C=O) groups is 1. The van der Waals surface area contributed by atoms with E-state index in [-0.39, 0.29) is 12.5 Å². The van der Waals surface area contributed by atoms with E-state index in [9.17, 15) is 4.79 Å². The summed E-state index contributed by atoms with van der Waals surface area (Å²) in [6, 6.07) is 12.2. The molecule has 2 aliphatic rings. The van der Waals surface area contributed by atoms with Crippen LogP contribution in [0, 0.1) is 0 Å². The van der Waals surface area contributed by atoms with Crippen LogP contribution < -0.4 is 20.1 Å². The van der Waals surface area contributed by atoms with E-state index < -0.39 is 0 Å². The zero-order chi connectivity index (χ0) is 21.6. The Hall–Kier alpha value is -2.44. The van der Waals surface area contributed by atoms with Gasteiger partial charge in [0.1, 0.15) is 13.2 Å². The molecule has 0 radical (unpaired) electrons. The van der Waals surface area contributed by atoms with Crippen LogP contribution in [0.15, 0.2) is 36.4 Å². The predicted molar refractivity (Wildman–Crippen MR) is 124 cm³/mol. The van der Waals surface area contributed by atoms with Gasteiger partial charge in [0.05, 0.1) is 17.3 Å². The summed E-state index contributed by atoms with van der Waals surface area (Å²) < 4.78 is 11.1. The first kappa shape index (κ1) is 21.8. The molecule has 7 heteroatoms. The van der Waals surface area contributed by atoms with E-state index >= 15 is 0 Å². The van der Waals surface area contributed by atoms with E-state index in [1.807, 2.05) is 18.2 Å². The van der Waals surface area contributed by atoms with Crippen LogP contribution in [-0.4, -0.2) is 43.7 Å². The number of rotatable bonds is 7. The molecule has 0 saturated heterocycles. The van der Waals surface area contributed by atoms with Crippen LogP contribution in [0.2, 0.25) is 5.02 Å². The van der Waals surface area contributed by atoms with Crippen molar-refractivity contribution in [3.05, 3.63) is 47.0 Å². The monoisotopic (exact) mass is 443 g/mol. The van der Waals surface area contributed by atoms with Crippen molar-refractivity contribution < 1.29 is 14.3 Å². The molecular formula is C24H30ClN3O3. The number of nitrogens with one attached hydrogen (secondary N) is 2. The first-order chi connectivity index (χ1) is 15.1. The van der Waals surface area contributed by atoms with Crippen molar-refractivity contribution in [2.24, 2.45) is 0 Å². The van der Waals surface area contributed by atoms with Crippen LogP contribution in [0.1, 0.15) is 37.7 Å². The summed E-state index contributed by atoms with van der Waals surface area (Å²) in [4.78, 5) is 15.0. The zero-order valence-corrected chi connectivity index (χ0v) is 18.7. The third-order valence-electron chi connectivity index (χ3n) is 5.98. The fourth-order valence-corrected chi connectivity index (χ4v) is 4.48. The van der Waals surface area contributed by atoms with Gasteiger partial charge in [0, 0.05) is 30.4 Å². The lowest BCUT2D eigenvalue weighted by atomic mass is 9.94. The standard InChI is InChI=1S/C24H30ClN3O3/c1-28(18-8-3-2-4-9-18)16-17-7-5-6-10-20(17)26-15-24(29)27-21-14-23-22(13-19(21)25)30-11-12-31-23/h5-7,10,13-14,18,26H,2-4,8-9,11-12,15-16H2,1H3,(H,27,29). The topological polar surface area (TPSA) is 62.8 Å². The molecule has 0 spiro atoms. The highest BCUT2D eigenvalue weighted by atomic mass is 35.5. The third-order valence-corrected chi connectivity index (χ3v) is 6.29. The smallest absolute Gasteiger partial charge is 0.243 e. The Balaban J connectivity index is 1.35. The average molecular weight is 444 g/mol. The molecule has 1 aliphatic heterocycles. The van der Waals surface area contributed by atoms with Gasteiger partial charge in [-0.2, -0.15) is 0 Å². The van der Waals surface area contributed by atoms with Gasteiger partial charge in [0.15, 0.2) is 11.5 Å². The van der Waals surface area contributed by atoms with Crippen molar-refractivity contribution in [3.8, 4) is 11.5 Å². The minimum atomic E-state index is -0.172. The van der Waals surface area contributed by atoms with Crippen molar-refractivity contribution in [1.29, 1.82) is 0 Å². The number of halogens is 1. The Labute approximate surface area is 188 Å². The minimum Gasteiger partial charge on any atom is -0.486 e. The van der Waals surface area contributed by atoms with E-state index in [0.717, 1.165) is 12.2 Å². The van der Waals surface area contributed by atoms with Crippen molar-refractivity contribution in [3.63, 3.8) is 0 Å². The molecule has 166 valence electrons. The van der Waals surface area contributed by atoms with Gasteiger partial charge in [-0.15, -0.1) is 0 Å². The first-order valence-corrected chi connectivity index (χ1v) is 11.4. The minimum absolute atomic E-state index is 0.148. The van der Waals surface area contributed by atoms with E-state index in [1.54, 1.807) is 12.1 Å². The normalized spacial score (nSPS) is 16.2. The molecule has 31 heavy (non-hydrogen) atoms. The van der Waals surface area contributed by atoms with Gasteiger partial charge in [0.2, 0.25) is 5.91 Å². The predicted octanol–water partition coefficient (Wildman–Crippen LogP) is 4.93. The van der Waals surface area contributed by atoms with Crippen LogP contribution in [0.25, 0.3) is 0 Å². The molecule has 2 aromatic rings. The number of nitrogens with zero attached hydrogens (tertiary/aromatic N) is 1.